The molecule has 1 N–H and O–H groups in total. The Morgan fingerprint density at radius 2 is 1.97 bits per heavy atom. The highest BCUT2D eigenvalue weighted by molar-refractivity contribution is 7.42. The fourth-order valence-corrected chi connectivity index (χ4v) is 5.78. The number of rotatable bonds is 8. The lowest BCUT2D eigenvalue weighted by Gasteiger charge is -2.30. The molecule has 32 heavy (non-hydrogen) atoms. The lowest BCUT2D eigenvalue weighted by molar-refractivity contribution is 0.0823. The van der Waals surface area contributed by atoms with Crippen LogP contribution in [0.5, 0.6) is 11.5 Å². The van der Waals surface area contributed by atoms with Crippen molar-refractivity contribution in [2.24, 2.45) is 0 Å². The van der Waals surface area contributed by atoms with Crippen LogP contribution in [0.15, 0.2) is 54.1 Å². The van der Waals surface area contributed by atoms with Gasteiger partial charge in [-0.1, -0.05) is 61.7 Å². The minimum Gasteiger partial charge on any atom is -0.507 e. The smallest absolute Gasteiger partial charge is 0.397 e. The van der Waals surface area contributed by atoms with Crippen LogP contribution < -0.4 is 4.52 Å². The molecule has 0 saturated carbocycles. The van der Waals surface area contributed by atoms with Gasteiger partial charge in [0, 0.05) is 17.9 Å². The van der Waals surface area contributed by atoms with Crippen LogP contribution in [0, 0.1) is 0 Å². The summed E-state index contributed by atoms with van der Waals surface area (Å²) in [7, 11) is -1.53. The fraction of sp³-hybridized carbons (Fsp3) is 0.481. The second-order valence-corrected chi connectivity index (χ2v) is 10.0. The van der Waals surface area contributed by atoms with Gasteiger partial charge in [-0.2, -0.15) is 0 Å². The number of aromatic hydroxyl groups is 1. The molecular weight excluding hydrogens is 419 g/mol. The van der Waals surface area contributed by atoms with Gasteiger partial charge in [-0.05, 0) is 62.3 Å². The Labute approximate surface area is 193 Å². The average molecular weight is 455 g/mol. The molecule has 0 spiro atoms. The second-order valence-electron chi connectivity index (χ2n) is 8.94. The van der Waals surface area contributed by atoms with E-state index in [0.29, 0.717) is 18.1 Å². The van der Waals surface area contributed by atoms with Gasteiger partial charge in [0.2, 0.25) is 0 Å². The second kappa shape index (κ2) is 11.3. The van der Waals surface area contributed by atoms with Crippen molar-refractivity contribution >= 4 is 8.60 Å². The SMILES string of the molecule is CCCCCc1cc(O)c(C2C=C(C)CCC2)c(OP2OCCC(c3ccccc3)O2)c1. The molecule has 172 valence electrons. The van der Waals surface area contributed by atoms with Crippen LogP contribution in [-0.4, -0.2) is 11.7 Å². The van der Waals surface area contributed by atoms with Crippen molar-refractivity contribution in [3.63, 3.8) is 0 Å². The summed E-state index contributed by atoms with van der Waals surface area (Å²) >= 11 is 0. The van der Waals surface area contributed by atoms with E-state index in [-0.39, 0.29) is 12.0 Å². The van der Waals surface area contributed by atoms with E-state index in [1.807, 2.05) is 24.3 Å². The number of hydrogen-bond donors (Lipinski definition) is 1. The third kappa shape index (κ3) is 5.92. The van der Waals surface area contributed by atoms with E-state index in [2.05, 4.69) is 38.1 Å². The lowest BCUT2D eigenvalue weighted by Crippen LogP contribution is -2.14. The van der Waals surface area contributed by atoms with E-state index in [1.165, 1.54) is 18.4 Å². The molecule has 3 atom stereocenters. The minimum absolute atomic E-state index is 0.0299. The van der Waals surface area contributed by atoms with E-state index >= 15 is 0 Å². The number of phenols is 1. The molecule has 2 aromatic rings. The molecule has 1 fully saturated rings. The Morgan fingerprint density at radius 1 is 1.12 bits per heavy atom. The van der Waals surface area contributed by atoms with Crippen molar-refractivity contribution in [1.82, 2.24) is 0 Å². The van der Waals surface area contributed by atoms with Crippen molar-refractivity contribution in [3.8, 4) is 11.5 Å². The van der Waals surface area contributed by atoms with Crippen LogP contribution in [0.25, 0.3) is 0 Å². The summed E-state index contributed by atoms with van der Waals surface area (Å²) < 4.78 is 18.5. The number of phenolic OH excluding ortho intramolecular Hbond substituents is 1. The fourth-order valence-electron chi connectivity index (χ4n) is 4.62. The lowest BCUT2D eigenvalue weighted by atomic mass is 9.84. The van der Waals surface area contributed by atoms with Crippen molar-refractivity contribution in [2.75, 3.05) is 6.61 Å². The van der Waals surface area contributed by atoms with Gasteiger partial charge in [0.1, 0.15) is 11.5 Å². The first-order valence-corrected chi connectivity index (χ1v) is 13.1. The molecule has 1 saturated heterocycles. The molecular formula is C27H35O4P. The quantitative estimate of drug-likeness (QED) is 0.248. The molecule has 4 nitrogen and oxygen atoms in total. The first-order valence-electron chi connectivity index (χ1n) is 12.0. The molecule has 1 aliphatic carbocycles. The van der Waals surface area contributed by atoms with Crippen molar-refractivity contribution in [2.45, 2.75) is 77.2 Å². The van der Waals surface area contributed by atoms with E-state index in [0.717, 1.165) is 55.2 Å². The van der Waals surface area contributed by atoms with Gasteiger partial charge in [-0.15, -0.1) is 0 Å². The third-order valence-corrected chi connectivity index (χ3v) is 7.49. The van der Waals surface area contributed by atoms with E-state index in [9.17, 15) is 5.11 Å². The largest absolute Gasteiger partial charge is 0.507 e. The standard InChI is InChI=1S/C27H35O4P/c1-3-4-6-11-21-18-24(28)27(23-14-9-10-20(2)17-23)26(19-21)31-32-29-16-15-25(30-32)22-12-7-5-8-13-22/h5,7-8,12-13,17-19,23,25,28H,3-4,6,9-11,14-16H2,1-2H3. The number of hydrogen-bond acceptors (Lipinski definition) is 4. The Kier molecular flexibility index (Phi) is 8.24. The van der Waals surface area contributed by atoms with Crippen molar-refractivity contribution in [3.05, 3.63) is 70.8 Å². The monoisotopic (exact) mass is 454 g/mol. The van der Waals surface area contributed by atoms with Crippen LogP contribution in [0.1, 0.15) is 87.5 Å². The van der Waals surface area contributed by atoms with Gasteiger partial charge in [0.15, 0.2) is 0 Å². The Balaban J connectivity index is 1.59. The molecule has 3 unspecified atom stereocenters. The molecule has 1 heterocycles. The van der Waals surface area contributed by atoms with E-state index in [1.54, 1.807) is 0 Å². The molecule has 0 amide bonds. The Morgan fingerprint density at radius 3 is 2.75 bits per heavy atom. The third-order valence-electron chi connectivity index (χ3n) is 6.33. The number of unbranched alkanes of at least 4 members (excludes halogenated alkanes) is 2. The zero-order valence-electron chi connectivity index (χ0n) is 19.3. The van der Waals surface area contributed by atoms with E-state index < -0.39 is 8.60 Å². The molecule has 2 aliphatic rings. The van der Waals surface area contributed by atoms with Gasteiger partial charge in [-0.25, -0.2) is 0 Å². The van der Waals surface area contributed by atoms with Crippen molar-refractivity contribution in [1.29, 1.82) is 0 Å². The summed E-state index contributed by atoms with van der Waals surface area (Å²) in [5.41, 5.74) is 4.51. The first-order chi connectivity index (χ1) is 15.6. The highest BCUT2D eigenvalue weighted by atomic mass is 31.2. The number of aryl methyl sites for hydroxylation is 1. The van der Waals surface area contributed by atoms with Crippen LogP contribution in [0.2, 0.25) is 0 Å². The van der Waals surface area contributed by atoms with Gasteiger partial charge in [-0.3, -0.25) is 4.52 Å². The van der Waals surface area contributed by atoms with Crippen LogP contribution in [0.4, 0.5) is 0 Å². The van der Waals surface area contributed by atoms with Gasteiger partial charge >= 0.3 is 8.60 Å². The van der Waals surface area contributed by atoms with Crippen molar-refractivity contribution < 1.29 is 18.7 Å². The van der Waals surface area contributed by atoms with Crippen LogP contribution in [0.3, 0.4) is 0 Å². The molecule has 0 bridgehead atoms. The van der Waals surface area contributed by atoms with Gasteiger partial charge < -0.3 is 14.2 Å². The summed E-state index contributed by atoms with van der Waals surface area (Å²) in [4.78, 5) is 0. The summed E-state index contributed by atoms with van der Waals surface area (Å²) in [6.07, 6.45) is 10.7. The highest BCUT2D eigenvalue weighted by Crippen LogP contribution is 2.52. The summed E-state index contributed by atoms with van der Waals surface area (Å²) in [5.74, 6) is 1.21. The van der Waals surface area contributed by atoms with Crippen LogP contribution >= 0.6 is 8.60 Å². The predicted octanol–water partition coefficient (Wildman–Crippen LogP) is 8.12. The average Bonchev–Trinajstić information content (AvgIpc) is 2.80. The summed E-state index contributed by atoms with van der Waals surface area (Å²) in [6.45, 7) is 4.98. The predicted molar refractivity (Wildman–Crippen MR) is 130 cm³/mol. The zero-order valence-corrected chi connectivity index (χ0v) is 20.2. The Hall–Kier alpha value is -1.87. The molecule has 5 heteroatoms. The van der Waals surface area contributed by atoms with E-state index in [4.69, 9.17) is 13.6 Å². The van der Waals surface area contributed by atoms with Crippen LogP contribution in [-0.2, 0) is 15.5 Å². The molecule has 0 aromatic heterocycles. The summed E-state index contributed by atoms with van der Waals surface area (Å²) in [6, 6.07) is 14.3. The zero-order chi connectivity index (χ0) is 22.3. The molecule has 0 radical (unpaired) electrons. The van der Waals surface area contributed by atoms with Gasteiger partial charge in [0.25, 0.3) is 0 Å². The topological polar surface area (TPSA) is 47.9 Å². The van der Waals surface area contributed by atoms with Gasteiger partial charge in [0.05, 0.1) is 12.7 Å². The molecule has 2 aromatic carbocycles. The maximum absolute atomic E-state index is 11.0. The molecule has 1 aliphatic heterocycles. The number of allylic oxidation sites excluding steroid dienone is 2. The maximum atomic E-state index is 11.0. The molecule has 4 rings (SSSR count). The maximum Gasteiger partial charge on any atom is 0.397 e. The minimum atomic E-state index is -1.53. The first kappa shape index (κ1) is 23.3. The summed E-state index contributed by atoms with van der Waals surface area (Å²) in [5, 5.41) is 11.0. The normalized spacial score (nSPS) is 23.6. The number of benzene rings is 2. The Bertz CT molecular complexity index is 911. The highest BCUT2D eigenvalue weighted by Gasteiger charge is 2.30.